The van der Waals surface area contributed by atoms with Gasteiger partial charge in [0, 0.05) is 5.56 Å². The quantitative estimate of drug-likeness (QED) is 0.588. The molecule has 1 saturated carbocycles. The second-order valence-corrected chi connectivity index (χ2v) is 6.87. The zero-order chi connectivity index (χ0) is 19.9. The van der Waals surface area contributed by atoms with Crippen LogP contribution in [0.3, 0.4) is 0 Å². The molecular formula is C16H14ClF5N2O3. The third kappa shape index (κ3) is 3.95. The van der Waals surface area contributed by atoms with Gasteiger partial charge in [-0.05, 0) is 24.8 Å². The molecule has 0 aromatic heterocycles. The molecule has 1 saturated heterocycles. The van der Waals surface area contributed by atoms with E-state index in [2.05, 4.69) is 10.6 Å². The third-order valence-corrected chi connectivity index (χ3v) is 5.13. The van der Waals surface area contributed by atoms with Crippen molar-refractivity contribution < 1.29 is 36.3 Å². The number of carbonyl (C=O) groups is 2. The number of rotatable bonds is 4. The van der Waals surface area contributed by atoms with Crippen molar-refractivity contribution in [2.24, 2.45) is 11.8 Å². The summed E-state index contributed by atoms with van der Waals surface area (Å²) >= 11 is 5.55. The largest absolute Gasteiger partial charge is 0.434 e. The molecule has 2 atom stereocenters. The Morgan fingerprint density at radius 3 is 2.52 bits per heavy atom. The SMILES string of the molecule is O=C1NC[C@@H](C(=O)N[C@@H](c2ccc(F)c(Cl)c2F)C2CC(C(F)(F)F)C2)O1. The lowest BCUT2D eigenvalue weighted by Gasteiger charge is -2.41. The van der Waals surface area contributed by atoms with Crippen molar-refractivity contribution in [3.63, 3.8) is 0 Å². The Morgan fingerprint density at radius 2 is 1.96 bits per heavy atom. The summed E-state index contributed by atoms with van der Waals surface area (Å²) in [4.78, 5) is 23.3. The van der Waals surface area contributed by atoms with Crippen LogP contribution in [0.15, 0.2) is 12.1 Å². The van der Waals surface area contributed by atoms with E-state index in [0.29, 0.717) is 0 Å². The van der Waals surface area contributed by atoms with Crippen molar-refractivity contribution >= 4 is 23.6 Å². The van der Waals surface area contributed by atoms with Gasteiger partial charge in [-0.2, -0.15) is 13.2 Å². The van der Waals surface area contributed by atoms with E-state index in [1.165, 1.54) is 0 Å². The summed E-state index contributed by atoms with van der Waals surface area (Å²) in [5, 5.41) is 3.86. The number of cyclic esters (lactones) is 1. The van der Waals surface area contributed by atoms with Crippen LogP contribution in [0.1, 0.15) is 24.4 Å². The van der Waals surface area contributed by atoms with Gasteiger partial charge in [0.25, 0.3) is 5.91 Å². The number of benzene rings is 1. The highest BCUT2D eigenvalue weighted by Gasteiger charge is 2.51. The standard InChI is InChI=1S/C16H14ClF5N2O3/c17-11-9(18)2-1-8(12(11)19)13(6-3-7(4-6)16(20,21)22)24-14(25)10-5-23-15(26)27-10/h1-2,6-7,10,13H,3-5H2,(H,23,26)(H,24,25)/t6?,7?,10-,13+/m0/s1. The molecule has 1 aromatic rings. The number of amides is 2. The average molecular weight is 413 g/mol. The minimum absolute atomic E-state index is 0.125. The van der Waals surface area contributed by atoms with Crippen LogP contribution in [0.25, 0.3) is 0 Å². The van der Waals surface area contributed by atoms with Gasteiger partial charge in [0.15, 0.2) is 6.10 Å². The predicted molar refractivity (Wildman–Crippen MR) is 82.8 cm³/mol. The highest BCUT2D eigenvalue weighted by Crippen LogP contribution is 2.50. The van der Waals surface area contributed by atoms with Crippen LogP contribution in [-0.2, 0) is 9.53 Å². The Kier molecular flexibility index (Phi) is 5.20. The molecule has 5 nitrogen and oxygen atoms in total. The van der Waals surface area contributed by atoms with E-state index >= 15 is 0 Å². The van der Waals surface area contributed by atoms with Gasteiger partial charge in [-0.3, -0.25) is 4.79 Å². The molecule has 11 heteroatoms. The van der Waals surface area contributed by atoms with Gasteiger partial charge in [-0.25, -0.2) is 13.6 Å². The fourth-order valence-corrected chi connectivity index (χ4v) is 3.38. The third-order valence-electron chi connectivity index (χ3n) is 4.78. The normalized spacial score (nSPS) is 26.0. The Hall–Kier alpha value is -2.10. The Morgan fingerprint density at radius 1 is 1.30 bits per heavy atom. The lowest BCUT2D eigenvalue weighted by atomic mass is 9.69. The van der Waals surface area contributed by atoms with Crippen molar-refractivity contribution in [1.29, 1.82) is 0 Å². The average Bonchev–Trinajstić information content (AvgIpc) is 2.96. The number of ether oxygens (including phenoxy) is 1. The van der Waals surface area contributed by atoms with Gasteiger partial charge < -0.3 is 15.4 Å². The molecule has 0 radical (unpaired) electrons. The van der Waals surface area contributed by atoms with Gasteiger partial charge in [-0.15, -0.1) is 0 Å². The van der Waals surface area contributed by atoms with Crippen molar-refractivity contribution in [1.82, 2.24) is 10.6 Å². The van der Waals surface area contributed by atoms with Crippen LogP contribution in [0.5, 0.6) is 0 Å². The van der Waals surface area contributed by atoms with E-state index in [1.54, 1.807) is 0 Å². The second-order valence-electron chi connectivity index (χ2n) is 6.50. The first-order chi connectivity index (χ1) is 12.6. The molecule has 1 aromatic carbocycles. The lowest BCUT2D eigenvalue weighted by molar-refractivity contribution is -0.207. The summed E-state index contributed by atoms with van der Waals surface area (Å²) in [6.45, 7) is -0.125. The first-order valence-corrected chi connectivity index (χ1v) is 8.40. The zero-order valence-corrected chi connectivity index (χ0v) is 14.3. The lowest BCUT2D eigenvalue weighted by Crippen LogP contribution is -2.47. The first kappa shape index (κ1) is 19.7. The number of alkyl halides is 3. The molecule has 2 aliphatic rings. The molecule has 0 unspecified atom stereocenters. The number of hydrogen-bond acceptors (Lipinski definition) is 3. The molecule has 1 aliphatic heterocycles. The molecule has 2 fully saturated rings. The summed E-state index contributed by atoms with van der Waals surface area (Å²) in [7, 11) is 0. The predicted octanol–water partition coefficient (Wildman–Crippen LogP) is 3.47. The molecule has 0 spiro atoms. The molecular weight excluding hydrogens is 399 g/mol. The number of alkyl carbamates (subject to hydrolysis) is 1. The maximum absolute atomic E-state index is 14.4. The fourth-order valence-electron chi connectivity index (χ4n) is 3.21. The first-order valence-electron chi connectivity index (χ1n) is 8.03. The minimum Gasteiger partial charge on any atom is -0.434 e. The van der Waals surface area contributed by atoms with Gasteiger partial charge in [-0.1, -0.05) is 17.7 Å². The van der Waals surface area contributed by atoms with Crippen LogP contribution in [0, 0.1) is 23.5 Å². The molecule has 27 heavy (non-hydrogen) atoms. The van der Waals surface area contributed by atoms with Crippen LogP contribution < -0.4 is 10.6 Å². The van der Waals surface area contributed by atoms with E-state index < -0.39 is 58.8 Å². The van der Waals surface area contributed by atoms with E-state index in [1.807, 2.05) is 0 Å². The Balaban J connectivity index is 1.83. The minimum atomic E-state index is -4.39. The van der Waals surface area contributed by atoms with Crippen LogP contribution in [0.4, 0.5) is 26.7 Å². The highest BCUT2D eigenvalue weighted by atomic mass is 35.5. The highest BCUT2D eigenvalue weighted by molar-refractivity contribution is 6.31. The fraction of sp³-hybridized carbons (Fsp3) is 0.500. The van der Waals surface area contributed by atoms with E-state index in [0.717, 1.165) is 12.1 Å². The number of carbonyl (C=O) groups excluding carboxylic acids is 2. The monoisotopic (exact) mass is 412 g/mol. The number of halogens is 6. The Bertz CT molecular complexity index is 767. The molecule has 3 rings (SSSR count). The smallest absolute Gasteiger partial charge is 0.408 e. The van der Waals surface area contributed by atoms with Gasteiger partial charge in [0.1, 0.15) is 16.7 Å². The molecule has 1 aliphatic carbocycles. The maximum atomic E-state index is 14.4. The zero-order valence-electron chi connectivity index (χ0n) is 13.6. The maximum Gasteiger partial charge on any atom is 0.408 e. The van der Waals surface area contributed by atoms with Crippen LogP contribution in [0.2, 0.25) is 5.02 Å². The summed E-state index contributed by atoms with van der Waals surface area (Å²) < 4.78 is 70.9. The molecule has 1 heterocycles. The summed E-state index contributed by atoms with van der Waals surface area (Å²) in [5.41, 5.74) is -0.224. The summed E-state index contributed by atoms with van der Waals surface area (Å²) in [6.07, 6.45) is -7.06. The van der Waals surface area contributed by atoms with E-state index in [4.69, 9.17) is 16.3 Å². The molecule has 148 valence electrons. The number of hydrogen-bond donors (Lipinski definition) is 2. The van der Waals surface area contributed by atoms with Crippen molar-refractivity contribution in [2.45, 2.75) is 31.2 Å². The molecule has 2 N–H and O–H groups in total. The second kappa shape index (κ2) is 7.14. The van der Waals surface area contributed by atoms with E-state index in [9.17, 15) is 31.5 Å². The van der Waals surface area contributed by atoms with Gasteiger partial charge >= 0.3 is 12.3 Å². The summed E-state index contributed by atoms with van der Waals surface area (Å²) in [6, 6.07) is 0.728. The molecule has 0 bridgehead atoms. The topological polar surface area (TPSA) is 67.4 Å². The van der Waals surface area contributed by atoms with Crippen LogP contribution >= 0.6 is 11.6 Å². The summed E-state index contributed by atoms with van der Waals surface area (Å²) in [5.74, 6) is -5.28. The van der Waals surface area contributed by atoms with E-state index in [-0.39, 0.29) is 24.9 Å². The van der Waals surface area contributed by atoms with Crippen LogP contribution in [-0.4, -0.2) is 30.8 Å². The van der Waals surface area contributed by atoms with Crippen molar-refractivity contribution in [2.75, 3.05) is 6.54 Å². The Labute approximate surface area is 155 Å². The van der Waals surface area contributed by atoms with Crippen molar-refractivity contribution in [3.8, 4) is 0 Å². The number of nitrogens with one attached hydrogen (secondary N) is 2. The van der Waals surface area contributed by atoms with Gasteiger partial charge in [0.05, 0.1) is 18.5 Å². The van der Waals surface area contributed by atoms with Crippen molar-refractivity contribution in [3.05, 3.63) is 34.4 Å². The molecule has 2 amide bonds. The van der Waals surface area contributed by atoms with Gasteiger partial charge in [0.2, 0.25) is 0 Å².